The van der Waals surface area contributed by atoms with Gasteiger partial charge in [0, 0.05) is 26.2 Å². The van der Waals surface area contributed by atoms with Crippen LogP contribution in [0.3, 0.4) is 0 Å². The number of hydrogen-bond acceptors (Lipinski definition) is 12. The molecule has 0 aromatic heterocycles. The average molecular weight is 535 g/mol. The minimum absolute atomic E-state index is 0.194. The van der Waals surface area contributed by atoms with E-state index in [-0.39, 0.29) is 23.3 Å². The van der Waals surface area contributed by atoms with Gasteiger partial charge in [0.15, 0.2) is 10.2 Å². The molecule has 0 bridgehead atoms. The monoisotopic (exact) mass is 534 g/mol. The second kappa shape index (κ2) is 18.3. The zero-order valence-corrected chi connectivity index (χ0v) is 20.2. The normalized spacial score (nSPS) is 18.5. The predicted molar refractivity (Wildman–Crippen MR) is 129 cm³/mol. The predicted octanol–water partition coefficient (Wildman–Crippen LogP) is -6.43. The standard InChI is InChI=1S/C18H38N4O10S2/c23-7-11(27)15(31)13(29)9(25)5-21-17(33)19-3-1-2-4-20-18(34)22-6-10(26)14(30)16(32)12(28)8-24/h9-16,23-32H,1-8H2,(H2,19,21,33)(H2,20,22,34)/t9-,10-,11+,12+,13+,14+,15+,16+/m0/s1. The smallest absolute Gasteiger partial charge is 0.166 e. The first kappa shape index (κ1) is 33.0. The van der Waals surface area contributed by atoms with Gasteiger partial charge in [0.05, 0.1) is 25.4 Å². The van der Waals surface area contributed by atoms with Crippen molar-refractivity contribution in [3.8, 4) is 0 Å². The van der Waals surface area contributed by atoms with E-state index in [2.05, 4.69) is 21.3 Å². The first-order chi connectivity index (χ1) is 16.0. The molecule has 0 fully saturated rings. The van der Waals surface area contributed by atoms with Crippen molar-refractivity contribution in [2.24, 2.45) is 0 Å². The third-order valence-corrected chi connectivity index (χ3v) is 5.35. The van der Waals surface area contributed by atoms with Crippen molar-refractivity contribution >= 4 is 34.7 Å². The van der Waals surface area contributed by atoms with Crippen LogP contribution < -0.4 is 21.3 Å². The third-order valence-electron chi connectivity index (χ3n) is 4.77. The Balaban J connectivity index is 3.92. The summed E-state index contributed by atoms with van der Waals surface area (Å²) in [7, 11) is 0. The molecule has 0 unspecified atom stereocenters. The fourth-order valence-corrected chi connectivity index (χ4v) is 2.91. The first-order valence-corrected chi connectivity index (χ1v) is 11.5. The Hall–Kier alpha value is -1.02. The molecule has 0 radical (unpaired) electrons. The van der Waals surface area contributed by atoms with Crippen molar-refractivity contribution in [2.45, 2.75) is 61.7 Å². The van der Waals surface area contributed by atoms with Gasteiger partial charge in [-0.3, -0.25) is 0 Å². The van der Waals surface area contributed by atoms with Gasteiger partial charge in [0.2, 0.25) is 0 Å². The molecule has 16 heteroatoms. The molecule has 8 atom stereocenters. The summed E-state index contributed by atoms with van der Waals surface area (Å²) in [6, 6.07) is 0. The summed E-state index contributed by atoms with van der Waals surface area (Å²) in [6.07, 6.45) is -11.5. The van der Waals surface area contributed by atoms with Crippen LogP contribution in [0, 0.1) is 0 Å². The highest BCUT2D eigenvalue weighted by Gasteiger charge is 2.30. The second-order valence-electron chi connectivity index (χ2n) is 7.58. The lowest BCUT2D eigenvalue weighted by molar-refractivity contribution is -0.113. The van der Waals surface area contributed by atoms with Gasteiger partial charge in [0.1, 0.15) is 36.6 Å². The van der Waals surface area contributed by atoms with E-state index in [4.69, 9.17) is 34.6 Å². The van der Waals surface area contributed by atoms with E-state index in [0.717, 1.165) is 0 Å². The quantitative estimate of drug-likeness (QED) is 0.0612. The number of rotatable bonds is 17. The van der Waals surface area contributed by atoms with Crippen molar-refractivity contribution in [3.05, 3.63) is 0 Å². The van der Waals surface area contributed by atoms with E-state index >= 15 is 0 Å². The van der Waals surface area contributed by atoms with Crippen LogP contribution >= 0.6 is 24.4 Å². The van der Waals surface area contributed by atoms with Crippen LogP contribution in [0.1, 0.15) is 12.8 Å². The highest BCUT2D eigenvalue weighted by atomic mass is 32.1. The number of hydrogen-bond donors (Lipinski definition) is 14. The molecule has 14 N–H and O–H groups in total. The fourth-order valence-electron chi connectivity index (χ4n) is 2.54. The number of aliphatic hydroxyl groups is 10. The zero-order valence-electron chi connectivity index (χ0n) is 18.6. The molecular formula is C18H38N4O10S2. The summed E-state index contributed by atoms with van der Waals surface area (Å²) in [6.45, 7) is -0.956. The van der Waals surface area contributed by atoms with Crippen LogP contribution in [0.5, 0.6) is 0 Å². The molecule has 0 spiro atoms. The number of nitrogens with one attached hydrogen (secondary N) is 4. The van der Waals surface area contributed by atoms with Crippen LogP contribution in [-0.4, -0.2) is 150 Å². The Bertz CT molecular complexity index is 535. The van der Waals surface area contributed by atoms with Crippen molar-refractivity contribution in [1.82, 2.24) is 21.3 Å². The van der Waals surface area contributed by atoms with Gasteiger partial charge < -0.3 is 72.3 Å². The molecule has 34 heavy (non-hydrogen) atoms. The van der Waals surface area contributed by atoms with Gasteiger partial charge in [-0.25, -0.2) is 0 Å². The van der Waals surface area contributed by atoms with Gasteiger partial charge >= 0.3 is 0 Å². The Kier molecular flexibility index (Phi) is 17.7. The van der Waals surface area contributed by atoms with E-state index < -0.39 is 62.0 Å². The van der Waals surface area contributed by atoms with Crippen molar-refractivity contribution in [3.63, 3.8) is 0 Å². The van der Waals surface area contributed by atoms with Crippen molar-refractivity contribution in [1.29, 1.82) is 0 Å². The summed E-state index contributed by atoms with van der Waals surface area (Å²) in [5.74, 6) is 0. The number of aliphatic hydroxyl groups excluding tert-OH is 10. The number of unbranched alkanes of at least 4 members (excludes halogenated alkanes) is 1. The maximum absolute atomic E-state index is 9.80. The maximum atomic E-state index is 9.80. The van der Waals surface area contributed by atoms with Gasteiger partial charge in [-0.15, -0.1) is 0 Å². The fraction of sp³-hybridized carbons (Fsp3) is 0.889. The molecular weight excluding hydrogens is 496 g/mol. The molecule has 0 amide bonds. The summed E-state index contributed by atoms with van der Waals surface area (Å²) in [5, 5.41) is 106. The van der Waals surface area contributed by atoms with E-state index in [0.29, 0.717) is 25.9 Å². The second-order valence-corrected chi connectivity index (χ2v) is 8.39. The topological polar surface area (TPSA) is 250 Å². The Morgan fingerprint density at radius 2 is 0.794 bits per heavy atom. The third kappa shape index (κ3) is 13.2. The van der Waals surface area contributed by atoms with Gasteiger partial charge in [-0.2, -0.15) is 0 Å². The van der Waals surface area contributed by atoms with Crippen LogP contribution in [0.15, 0.2) is 0 Å². The summed E-state index contributed by atoms with van der Waals surface area (Å²) >= 11 is 10.1. The Morgan fingerprint density at radius 3 is 1.09 bits per heavy atom. The highest BCUT2D eigenvalue weighted by molar-refractivity contribution is 7.80. The summed E-state index contributed by atoms with van der Waals surface area (Å²) in [5.41, 5.74) is 0. The molecule has 0 aliphatic rings. The summed E-state index contributed by atoms with van der Waals surface area (Å²) in [4.78, 5) is 0. The molecule has 0 aliphatic heterocycles. The van der Waals surface area contributed by atoms with Crippen LogP contribution in [-0.2, 0) is 0 Å². The highest BCUT2D eigenvalue weighted by Crippen LogP contribution is 2.05. The van der Waals surface area contributed by atoms with Gasteiger partial charge in [-0.1, -0.05) is 0 Å². The Labute approximate surface area is 208 Å². The minimum atomic E-state index is -1.71. The van der Waals surface area contributed by atoms with E-state index in [9.17, 15) is 40.9 Å². The lowest BCUT2D eigenvalue weighted by Gasteiger charge is -2.26. The van der Waals surface area contributed by atoms with Gasteiger partial charge in [0.25, 0.3) is 0 Å². The molecule has 14 nitrogen and oxygen atoms in total. The van der Waals surface area contributed by atoms with Crippen LogP contribution in [0.2, 0.25) is 0 Å². The van der Waals surface area contributed by atoms with Crippen molar-refractivity contribution in [2.75, 3.05) is 39.4 Å². The van der Waals surface area contributed by atoms with Gasteiger partial charge in [-0.05, 0) is 37.3 Å². The van der Waals surface area contributed by atoms with E-state index in [1.165, 1.54) is 0 Å². The lowest BCUT2D eigenvalue weighted by atomic mass is 10.0. The molecule has 0 heterocycles. The lowest BCUT2D eigenvalue weighted by Crippen LogP contribution is -2.50. The van der Waals surface area contributed by atoms with E-state index in [1.54, 1.807) is 0 Å². The minimum Gasteiger partial charge on any atom is -0.394 e. The maximum Gasteiger partial charge on any atom is 0.166 e. The van der Waals surface area contributed by atoms with Crippen LogP contribution in [0.4, 0.5) is 0 Å². The van der Waals surface area contributed by atoms with Crippen LogP contribution in [0.25, 0.3) is 0 Å². The molecule has 0 saturated heterocycles. The first-order valence-electron chi connectivity index (χ1n) is 10.7. The largest absolute Gasteiger partial charge is 0.394 e. The molecule has 0 aromatic carbocycles. The van der Waals surface area contributed by atoms with Crippen molar-refractivity contribution < 1.29 is 51.1 Å². The SMILES string of the molecule is OC[C@@H](O)[C@@H](O)[C@H](O)[C@@H](O)CNC(=S)NCCCCNC(=S)NC[C@H](O)[C@@H](O)[C@H](O)[C@H](O)CO. The summed E-state index contributed by atoms with van der Waals surface area (Å²) < 4.78 is 0. The molecule has 202 valence electrons. The molecule has 0 saturated carbocycles. The molecule has 0 aliphatic carbocycles. The molecule has 0 aromatic rings. The number of thiocarbonyl (C=S) groups is 2. The Morgan fingerprint density at radius 1 is 0.500 bits per heavy atom. The van der Waals surface area contributed by atoms with E-state index in [1.807, 2.05) is 0 Å². The molecule has 0 rings (SSSR count). The zero-order chi connectivity index (χ0) is 26.3. The average Bonchev–Trinajstić information content (AvgIpc) is 2.84.